The predicted octanol–water partition coefficient (Wildman–Crippen LogP) is 2.64. The maximum absolute atomic E-state index is 12.8. The molecule has 0 unspecified atom stereocenters. The molecule has 0 amide bonds. The predicted molar refractivity (Wildman–Crippen MR) is 80.7 cm³/mol. The summed E-state index contributed by atoms with van der Waals surface area (Å²) in [5, 5.41) is 1.37. The molecule has 100 valence electrons. The van der Waals surface area contributed by atoms with Crippen molar-refractivity contribution in [3.05, 3.63) is 27.7 Å². The molecule has 0 bridgehead atoms. The molecule has 0 atom stereocenters. The molecule has 0 saturated heterocycles. The van der Waals surface area contributed by atoms with Gasteiger partial charge in [0.1, 0.15) is 0 Å². The van der Waals surface area contributed by atoms with E-state index in [0.717, 1.165) is 24.9 Å². The Morgan fingerprint density at radius 1 is 1.22 bits per heavy atom. The molecule has 2 nitrogen and oxygen atoms in total. The molecule has 1 aliphatic heterocycles. The zero-order chi connectivity index (χ0) is 13.7. The average Bonchev–Trinajstić information content (AvgIpc) is 2.61. The van der Waals surface area contributed by atoms with E-state index in [1.54, 1.807) is 0 Å². The van der Waals surface area contributed by atoms with Crippen LogP contribution < -0.4 is 10.7 Å². The van der Waals surface area contributed by atoms with Gasteiger partial charge in [0.15, 0.2) is 0 Å². The molecule has 18 heavy (non-hydrogen) atoms. The molecule has 1 aliphatic rings. The van der Waals surface area contributed by atoms with Crippen LogP contribution >= 0.6 is 0 Å². The van der Waals surface area contributed by atoms with Crippen molar-refractivity contribution in [3.8, 4) is 0 Å². The summed E-state index contributed by atoms with van der Waals surface area (Å²) in [5.41, 5.74) is 2.53. The van der Waals surface area contributed by atoms with Gasteiger partial charge in [0.25, 0.3) is 5.56 Å². The van der Waals surface area contributed by atoms with Crippen LogP contribution in [0.4, 0.5) is 0 Å². The first kappa shape index (κ1) is 13.6. The van der Waals surface area contributed by atoms with E-state index in [9.17, 15) is 4.79 Å². The van der Waals surface area contributed by atoms with Gasteiger partial charge in [-0.05, 0) is 29.5 Å². The van der Waals surface area contributed by atoms with Crippen molar-refractivity contribution in [2.45, 2.75) is 65.2 Å². The van der Waals surface area contributed by atoms with E-state index in [-0.39, 0.29) is 11.0 Å². The van der Waals surface area contributed by atoms with Crippen LogP contribution in [0, 0.1) is 0 Å². The van der Waals surface area contributed by atoms with Crippen molar-refractivity contribution in [2.24, 2.45) is 0 Å². The summed E-state index contributed by atoms with van der Waals surface area (Å²) in [6, 6.07) is 2.33. The van der Waals surface area contributed by atoms with E-state index < -0.39 is 8.07 Å². The van der Waals surface area contributed by atoms with E-state index >= 15 is 0 Å². The third-order valence-corrected chi connectivity index (χ3v) is 5.77. The van der Waals surface area contributed by atoms with Gasteiger partial charge in [0.2, 0.25) is 0 Å². The molecule has 2 rings (SSSR count). The quantitative estimate of drug-likeness (QED) is 0.714. The highest BCUT2D eigenvalue weighted by molar-refractivity contribution is 6.89. The van der Waals surface area contributed by atoms with E-state index in [1.807, 2.05) is 4.57 Å². The molecule has 0 aromatic carbocycles. The fraction of sp³-hybridized carbons (Fsp3) is 0.667. The number of fused-ring (bicyclic) bond motifs is 1. The number of pyridine rings is 1. The molecular weight excluding hydrogens is 238 g/mol. The Morgan fingerprint density at radius 2 is 1.83 bits per heavy atom. The van der Waals surface area contributed by atoms with Crippen molar-refractivity contribution < 1.29 is 0 Å². The summed E-state index contributed by atoms with van der Waals surface area (Å²) in [6.07, 6.45) is 2.19. The SMILES string of the molecule is CC(C)(C)c1c([Si](C)(C)C)cc2n(c1=O)CCC2. The van der Waals surface area contributed by atoms with Crippen LogP contribution in [0.5, 0.6) is 0 Å². The lowest BCUT2D eigenvalue weighted by atomic mass is 9.87. The second-order valence-corrected chi connectivity index (χ2v) is 12.5. The number of aromatic nitrogens is 1. The van der Waals surface area contributed by atoms with E-state index in [4.69, 9.17) is 0 Å². The summed E-state index contributed by atoms with van der Waals surface area (Å²) in [5.74, 6) is 0. The maximum atomic E-state index is 12.8. The van der Waals surface area contributed by atoms with E-state index in [2.05, 4.69) is 46.5 Å². The molecule has 0 spiro atoms. The Labute approximate surface area is 111 Å². The van der Waals surface area contributed by atoms with Crippen molar-refractivity contribution >= 4 is 13.3 Å². The minimum absolute atomic E-state index is 0.0582. The number of hydrogen-bond donors (Lipinski definition) is 0. The molecule has 2 heterocycles. The normalized spacial score (nSPS) is 15.9. The Balaban J connectivity index is 2.81. The monoisotopic (exact) mass is 263 g/mol. The molecule has 0 saturated carbocycles. The maximum Gasteiger partial charge on any atom is 0.254 e. The Kier molecular flexibility index (Phi) is 3.09. The topological polar surface area (TPSA) is 22.0 Å². The highest BCUT2D eigenvalue weighted by Crippen LogP contribution is 2.22. The van der Waals surface area contributed by atoms with Crippen LogP contribution in [0.3, 0.4) is 0 Å². The fourth-order valence-corrected chi connectivity index (χ4v) is 4.72. The van der Waals surface area contributed by atoms with Crippen LogP contribution in [0.2, 0.25) is 19.6 Å². The number of rotatable bonds is 1. The average molecular weight is 263 g/mol. The summed E-state index contributed by atoms with van der Waals surface area (Å²) >= 11 is 0. The second kappa shape index (κ2) is 4.09. The van der Waals surface area contributed by atoms with Gasteiger partial charge in [-0.3, -0.25) is 4.79 Å². The molecule has 1 aromatic rings. The van der Waals surface area contributed by atoms with Crippen LogP contribution in [0.15, 0.2) is 10.9 Å². The summed E-state index contributed by atoms with van der Waals surface area (Å²) in [4.78, 5) is 12.8. The van der Waals surface area contributed by atoms with Gasteiger partial charge in [-0.15, -0.1) is 0 Å². The zero-order valence-corrected chi connectivity index (χ0v) is 13.6. The van der Waals surface area contributed by atoms with Crippen LogP contribution in [-0.4, -0.2) is 12.6 Å². The van der Waals surface area contributed by atoms with Crippen molar-refractivity contribution in [1.29, 1.82) is 0 Å². The highest BCUT2D eigenvalue weighted by atomic mass is 28.3. The van der Waals surface area contributed by atoms with Gasteiger partial charge in [-0.2, -0.15) is 0 Å². The molecule has 0 radical (unpaired) electrons. The Bertz CT molecular complexity index is 529. The number of hydrogen-bond acceptors (Lipinski definition) is 1. The summed E-state index contributed by atoms with van der Waals surface area (Å²) in [7, 11) is -1.48. The van der Waals surface area contributed by atoms with Gasteiger partial charge in [-0.25, -0.2) is 0 Å². The first-order valence-electron chi connectivity index (χ1n) is 6.90. The Hall–Kier alpha value is -0.833. The smallest absolute Gasteiger partial charge is 0.254 e. The number of nitrogens with zero attached hydrogens (tertiary/aromatic N) is 1. The van der Waals surface area contributed by atoms with Gasteiger partial charge >= 0.3 is 0 Å². The van der Waals surface area contributed by atoms with Crippen molar-refractivity contribution in [3.63, 3.8) is 0 Å². The third kappa shape index (κ3) is 2.20. The molecule has 0 N–H and O–H groups in total. The molecule has 0 aliphatic carbocycles. The molecule has 3 heteroatoms. The van der Waals surface area contributed by atoms with Crippen LogP contribution in [-0.2, 0) is 18.4 Å². The fourth-order valence-electron chi connectivity index (χ4n) is 2.88. The van der Waals surface area contributed by atoms with Gasteiger partial charge in [0, 0.05) is 17.8 Å². The molecule has 0 fully saturated rings. The van der Waals surface area contributed by atoms with Crippen LogP contribution in [0.25, 0.3) is 0 Å². The summed E-state index contributed by atoms with van der Waals surface area (Å²) < 4.78 is 2.00. The van der Waals surface area contributed by atoms with E-state index in [1.165, 1.54) is 10.9 Å². The standard InChI is InChI=1S/C15H25NOSi/c1-15(2,3)13-12(18(4,5)6)10-11-8-7-9-16(11)14(13)17/h10H,7-9H2,1-6H3. The highest BCUT2D eigenvalue weighted by Gasteiger charge is 2.31. The lowest BCUT2D eigenvalue weighted by Gasteiger charge is -2.29. The minimum atomic E-state index is -1.48. The van der Waals surface area contributed by atoms with Gasteiger partial charge in [-0.1, -0.05) is 40.4 Å². The lowest BCUT2D eigenvalue weighted by molar-refractivity contribution is 0.571. The number of aryl methyl sites for hydroxylation is 1. The first-order chi connectivity index (χ1) is 8.12. The largest absolute Gasteiger partial charge is 0.312 e. The lowest BCUT2D eigenvalue weighted by Crippen LogP contribution is -2.49. The minimum Gasteiger partial charge on any atom is -0.312 e. The van der Waals surface area contributed by atoms with Crippen LogP contribution in [0.1, 0.15) is 38.4 Å². The van der Waals surface area contributed by atoms with Crippen molar-refractivity contribution in [1.82, 2.24) is 4.57 Å². The molecule has 1 aromatic heterocycles. The summed E-state index contributed by atoms with van der Waals surface area (Å²) in [6.45, 7) is 14.4. The van der Waals surface area contributed by atoms with Gasteiger partial charge < -0.3 is 4.57 Å². The third-order valence-electron chi connectivity index (χ3n) is 3.76. The Morgan fingerprint density at radius 3 is 2.33 bits per heavy atom. The first-order valence-corrected chi connectivity index (χ1v) is 10.4. The van der Waals surface area contributed by atoms with Crippen molar-refractivity contribution in [2.75, 3.05) is 0 Å². The second-order valence-electron chi connectivity index (χ2n) is 7.48. The van der Waals surface area contributed by atoms with E-state index in [0.29, 0.717) is 0 Å². The van der Waals surface area contributed by atoms with Gasteiger partial charge in [0.05, 0.1) is 8.07 Å². The zero-order valence-electron chi connectivity index (χ0n) is 12.6. The molecular formula is C15H25NOSi.